The summed E-state index contributed by atoms with van der Waals surface area (Å²) in [6.07, 6.45) is 1.97. The predicted octanol–water partition coefficient (Wildman–Crippen LogP) is 3.52. The molecular formula is C23H21N5O3. The Bertz CT molecular complexity index is 1330. The second-order valence-corrected chi connectivity index (χ2v) is 7.34. The fourth-order valence-corrected chi connectivity index (χ4v) is 4.09. The van der Waals surface area contributed by atoms with Crippen LogP contribution < -0.4 is 4.74 Å². The van der Waals surface area contributed by atoms with Crippen LogP contribution in [0.4, 0.5) is 0 Å². The molecule has 5 rings (SSSR count). The lowest BCUT2D eigenvalue weighted by Gasteiger charge is -2.14. The highest BCUT2D eigenvalue weighted by atomic mass is 16.5. The van der Waals surface area contributed by atoms with Crippen molar-refractivity contribution in [2.45, 2.75) is 19.4 Å². The van der Waals surface area contributed by atoms with Crippen molar-refractivity contribution in [3.05, 3.63) is 71.4 Å². The normalized spacial score (nSPS) is 15.1. The van der Waals surface area contributed by atoms with E-state index in [4.69, 9.17) is 14.5 Å². The zero-order valence-electron chi connectivity index (χ0n) is 17.4. The number of methoxy groups -OCH3 is 2. The van der Waals surface area contributed by atoms with Crippen molar-refractivity contribution < 1.29 is 14.3 Å². The molecule has 0 bridgehead atoms. The number of ether oxygens (including phenoxy) is 2. The summed E-state index contributed by atoms with van der Waals surface area (Å²) in [6.45, 7) is 1.89. The van der Waals surface area contributed by atoms with Crippen molar-refractivity contribution in [1.82, 2.24) is 19.7 Å². The minimum absolute atomic E-state index is 0.0619. The molecule has 0 aliphatic carbocycles. The van der Waals surface area contributed by atoms with Gasteiger partial charge in [0.1, 0.15) is 17.6 Å². The molecule has 0 radical (unpaired) electrons. The number of nitrogens with zero attached hydrogens (tertiary/aromatic N) is 4. The molecule has 0 fully saturated rings. The van der Waals surface area contributed by atoms with E-state index in [9.17, 15) is 4.79 Å². The minimum Gasteiger partial charge on any atom is -0.497 e. The SMILES string of the molecule is COC(=O)C[C@@H]1N=C(c2cccc3[nH]ccc23)c2cc(OC)ccc2-n2c(C)nnc21. The lowest BCUT2D eigenvalue weighted by molar-refractivity contribution is -0.141. The van der Waals surface area contributed by atoms with E-state index in [1.807, 2.05) is 60.2 Å². The lowest BCUT2D eigenvalue weighted by Crippen LogP contribution is -2.12. The first kappa shape index (κ1) is 19.0. The summed E-state index contributed by atoms with van der Waals surface area (Å²) < 4.78 is 12.4. The Hall–Kier alpha value is -3.94. The van der Waals surface area contributed by atoms with Gasteiger partial charge in [-0.1, -0.05) is 12.1 Å². The highest BCUT2D eigenvalue weighted by molar-refractivity contribution is 6.21. The molecule has 8 nitrogen and oxygen atoms in total. The predicted molar refractivity (Wildman–Crippen MR) is 116 cm³/mol. The Labute approximate surface area is 178 Å². The number of aromatic nitrogens is 4. The van der Waals surface area contributed by atoms with Crippen LogP contribution in [0, 0.1) is 6.92 Å². The average molecular weight is 415 g/mol. The minimum atomic E-state index is -0.545. The molecule has 0 spiro atoms. The molecule has 1 atom stereocenters. The van der Waals surface area contributed by atoms with Crippen LogP contribution in [0.5, 0.6) is 5.75 Å². The zero-order valence-corrected chi connectivity index (χ0v) is 17.4. The van der Waals surface area contributed by atoms with Crippen molar-refractivity contribution >= 4 is 22.6 Å². The van der Waals surface area contributed by atoms with Crippen LogP contribution in [0.25, 0.3) is 16.6 Å². The van der Waals surface area contributed by atoms with Gasteiger partial charge in [-0.2, -0.15) is 0 Å². The summed E-state index contributed by atoms with van der Waals surface area (Å²) in [4.78, 5) is 20.5. The third kappa shape index (κ3) is 3.07. The molecule has 0 amide bonds. The Kier molecular flexibility index (Phi) is 4.54. The number of fused-ring (bicyclic) bond motifs is 4. The maximum absolute atomic E-state index is 12.2. The first-order valence-corrected chi connectivity index (χ1v) is 9.92. The molecule has 0 unspecified atom stereocenters. The van der Waals surface area contributed by atoms with Gasteiger partial charge in [-0.05, 0) is 37.3 Å². The number of carbonyl (C=O) groups excluding carboxylic acids is 1. The summed E-state index contributed by atoms with van der Waals surface area (Å²) in [5.74, 6) is 1.67. The van der Waals surface area contributed by atoms with Gasteiger partial charge in [0.15, 0.2) is 5.82 Å². The fraction of sp³-hybridized carbons (Fsp3) is 0.217. The van der Waals surface area contributed by atoms with E-state index in [0.717, 1.165) is 33.4 Å². The van der Waals surface area contributed by atoms with Gasteiger partial charge in [0, 0.05) is 28.2 Å². The molecule has 8 heteroatoms. The van der Waals surface area contributed by atoms with E-state index in [2.05, 4.69) is 15.2 Å². The van der Waals surface area contributed by atoms with Crippen LogP contribution in [0.15, 0.2) is 53.7 Å². The smallest absolute Gasteiger partial charge is 0.308 e. The Morgan fingerprint density at radius 2 is 2.00 bits per heavy atom. The van der Waals surface area contributed by atoms with Crippen molar-refractivity contribution in [1.29, 1.82) is 0 Å². The Morgan fingerprint density at radius 3 is 2.81 bits per heavy atom. The maximum atomic E-state index is 12.2. The molecule has 0 saturated heterocycles. The van der Waals surface area contributed by atoms with Gasteiger partial charge in [-0.3, -0.25) is 14.4 Å². The second kappa shape index (κ2) is 7.39. The summed E-state index contributed by atoms with van der Waals surface area (Å²) in [6, 6.07) is 13.4. The van der Waals surface area contributed by atoms with Gasteiger partial charge in [0.2, 0.25) is 0 Å². The van der Waals surface area contributed by atoms with Crippen LogP contribution in [0.1, 0.15) is 35.2 Å². The summed E-state index contributed by atoms with van der Waals surface area (Å²) in [5.41, 5.74) is 4.49. The number of rotatable bonds is 4. The molecule has 1 aliphatic heterocycles. The topological polar surface area (TPSA) is 94.4 Å². The quantitative estimate of drug-likeness (QED) is 0.515. The number of H-pyrrole nitrogens is 1. The molecular weight excluding hydrogens is 394 g/mol. The number of aromatic amines is 1. The molecule has 0 saturated carbocycles. The Balaban J connectivity index is 1.83. The van der Waals surface area contributed by atoms with E-state index in [0.29, 0.717) is 17.4 Å². The summed E-state index contributed by atoms with van der Waals surface area (Å²) in [7, 11) is 3.01. The standard InChI is InChI=1S/C23H21N5O3/c1-13-26-27-23-19(12-21(29)31-3)25-22(16-5-4-6-18-15(16)9-10-24-18)17-11-14(30-2)7-8-20(17)28(13)23/h4-11,19,24H,12H2,1-3H3/t19-/m0/s1. The highest BCUT2D eigenvalue weighted by Gasteiger charge is 2.30. The van der Waals surface area contributed by atoms with Crippen LogP contribution in [0.2, 0.25) is 0 Å². The molecule has 2 aromatic carbocycles. The molecule has 4 aromatic rings. The van der Waals surface area contributed by atoms with E-state index in [-0.39, 0.29) is 12.4 Å². The van der Waals surface area contributed by atoms with Crippen molar-refractivity contribution in [3.63, 3.8) is 0 Å². The molecule has 2 aromatic heterocycles. The van der Waals surface area contributed by atoms with E-state index in [1.165, 1.54) is 7.11 Å². The van der Waals surface area contributed by atoms with Crippen LogP contribution in [-0.4, -0.2) is 45.6 Å². The zero-order chi connectivity index (χ0) is 21.5. The number of carbonyl (C=O) groups is 1. The van der Waals surface area contributed by atoms with E-state index in [1.54, 1.807) is 7.11 Å². The third-order valence-electron chi connectivity index (χ3n) is 5.57. The molecule has 1 N–H and O–H groups in total. The number of benzene rings is 2. The number of esters is 1. The number of hydrogen-bond acceptors (Lipinski definition) is 6. The van der Waals surface area contributed by atoms with E-state index >= 15 is 0 Å². The number of hydrogen-bond donors (Lipinski definition) is 1. The van der Waals surface area contributed by atoms with Gasteiger partial charge in [0.05, 0.1) is 32.0 Å². The summed E-state index contributed by atoms with van der Waals surface area (Å²) in [5, 5.41) is 9.67. The molecule has 31 heavy (non-hydrogen) atoms. The first-order valence-electron chi connectivity index (χ1n) is 9.92. The first-order chi connectivity index (χ1) is 15.1. The van der Waals surface area contributed by atoms with Gasteiger partial charge in [0.25, 0.3) is 0 Å². The fourth-order valence-electron chi connectivity index (χ4n) is 4.09. The van der Waals surface area contributed by atoms with Crippen molar-refractivity contribution in [2.75, 3.05) is 14.2 Å². The number of aliphatic imine (C=N–C) groups is 1. The van der Waals surface area contributed by atoms with Crippen molar-refractivity contribution in [2.24, 2.45) is 4.99 Å². The Morgan fingerprint density at radius 1 is 1.13 bits per heavy atom. The average Bonchev–Trinajstić information content (AvgIpc) is 3.39. The van der Waals surface area contributed by atoms with Gasteiger partial charge in [-0.15, -0.1) is 10.2 Å². The maximum Gasteiger partial charge on any atom is 0.308 e. The molecule has 156 valence electrons. The van der Waals surface area contributed by atoms with Gasteiger partial charge in [-0.25, -0.2) is 0 Å². The van der Waals surface area contributed by atoms with Gasteiger partial charge >= 0.3 is 5.97 Å². The van der Waals surface area contributed by atoms with Crippen LogP contribution in [0.3, 0.4) is 0 Å². The van der Waals surface area contributed by atoms with Crippen molar-refractivity contribution in [3.8, 4) is 11.4 Å². The molecule has 3 heterocycles. The van der Waals surface area contributed by atoms with Crippen LogP contribution >= 0.6 is 0 Å². The largest absolute Gasteiger partial charge is 0.497 e. The third-order valence-corrected chi connectivity index (χ3v) is 5.57. The number of aryl methyl sites for hydroxylation is 1. The van der Waals surface area contributed by atoms with Gasteiger partial charge < -0.3 is 14.5 Å². The summed E-state index contributed by atoms with van der Waals surface area (Å²) >= 11 is 0. The highest BCUT2D eigenvalue weighted by Crippen LogP contribution is 2.35. The molecule has 1 aliphatic rings. The van der Waals surface area contributed by atoms with Crippen LogP contribution in [-0.2, 0) is 9.53 Å². The second-order valence-electron chi connectivity index (χ2n) is 7.34. The lowest BCUT2D eigenvalue weighted by atomic mass is 9.97. The van der Waals surface area contributed by atoms with E-state index < -0.39 is 6.04 Å². The number of nitrogens with one attached hydrogen (secondary N) is 1. The monoisotopic (exact) mass is 415 g/mol.